The fourth-order valence-corrected chi connectivity index (χ4v) is 4.59. The molecule has 3 heterocycles. The molecule has 2 amide bonds. The number of aromatic nitrogens is 1. The predicted molar refractivity (Wildman–Crippen MR) is 113 cm³/mol. The van der Waals surface area contributed by atoms with Crippen molar-refractivity contribution in [2.75, 3.05) is 20.8 Å². The van der Waals surface area contributed by atoms with Gasteiger partial charge >= 0.3 is 0 Å². The van der Waals surface area contributed by atoms with Crippen LogP contribution in [0.3, 0.4) is 0 Å². The van der Waals surface area contributed by atoms with Crippen LogP contribution in [0.25, 0.3) is 0 Å². The number of hydrogen-bond acceptors (Lipinski definition) is 6. The lowest BCUT2D eigenvalue weighted by Gasteiger charge is -2.37. The molecule has 1 aromatic carbocycles. The lowest BCUT2D eigenvalue weighted by Crippen LogP contribution is -2.40. The van der Waals surface area contributed by atoms with E-state index in [2.05, 4.69) is 4.98 Å². The van der Waals surface area contributed by atoms with Crippen molar-refractivity contribution in [3.63, 3.8) is 0 Å². The third kappa shape index (κ3) is 3.50. The summed E-state index contributed by atoms with van der Waals surface area (Å²) < 4.78 is 11.0. The van der Waals surface area contributed by atoms with E-state index in [4.69, 9.17) is 15.2 Å². The van der Waals surface area contributed by atoms with E-state index in [1.165, 1.54) is 18.3 Å². The molecule has 0 fully saturated rings. The Balaban J connectivity index is 1.77. The monoisotopic (exact) mass is 423 g/mol. The van der Waals surface area contributed by atoms with Gasteiger partial charge in [0, 0.05) is 17.6 Å². The van der Waals surface area contributed by atoms with E-state index in [0.29, 0.717) is 24.5 Å². The van der Waals surface area contributed by atoms with Crippen molar-refractivity contribution >= 4 is 23.2 Å². The number of thiophene rings is 1. The number of rotatable bonds is 5. The number of methoxy groups -OCH3 is 2. The first-order valence-electron chi connectivity index (χ1n) is 9.38. The number of ether oxygens (including phenoxy) is 2. The number of nitrogens with zero attached hydrogens (tertiary/aromatic N) is 2. The van der Waals surface area contributed by atoms with E-state index in [0.717, 1.165) is 16.0 Å². The van der Waals surface area contributed by atoms with Gasteiger partial charge in [-0.1, -0.05) is 6.07 Å². The van der Waals surface area contributed by atoms with Gasteiger partial charge in [-0.2, -0.15) is 0 Å². The molecular formula is C22H21N3O4S. The quantitative estimate of drug-likeness (QED) is 0.681. The van der Waals surface area contributed by atoms with Crippen LogP contribution in [0.5, 0.6) is 11.5 Å². The highest BCUT2D eigenvalue weighted by Gasteiger charge is 2.34. The number of carbonyl (C=O) groups is 2. The first kappa shape index (κ1) is 19.9. The van der Waals surface area contributed by atoms with E-state index >= 15 is 0 Å². The Hall–Kier alpha value is -3.39. The van der Waals surface area contributed by atoms with Crippen LogP contribution in [-0.2, 0) is 6.42 Å². The summed E-state index contributed by atoms with van der Waals surface area (Å²) in [6.07, 6.45) is 2.02. The van der Waals surface area contributed by atoms with Crippen molar-refractivity contribution in [3.05, 3.63) is 75.2 Å². The van der Waals surface area contributed by atoms with E-state index < -0.39 is 5.91 Å². The van der Waals surface area contributed by atoms with Gasteiger partial charge in [0.05, 0.1) is 25.8 Å². The number of carbonyl (C=O) groups excluding carboxylic acids is 2. The highest BCUT2D eigenvalue weighted by molar-refractivity contribution is 7.10. The average Bonchev–Trinajstić information content (AvgIpc) is 3.31. The fraction of sp³-hybridized carbons (Fsp3) is 0.227. The summed E-state index contributed by atoms with van der Waals surface area (Å²) in [5, 5.41) is 1.99. The van der Waals surface area contributed by atoms with Crippen molar-refractivity contribution in [2.45, 2.75) is 12.5 Å². The van der Waals surface area contributed by atoms with Crippen molar-refractivity contribution in [1.29, 1.82) is 0 Å². The first-order chi connectivity index (χ1) is 14.5. The maximum Gasteiger partial charge on any atom is 0.273 e. The van der Waals surface area contributed by atoms with Crippen LogP contribution < -0.4 is 15.2 Å². The minimum absolute atomic E-state index is 0.204. The Labute approximate surface area is 178 Å². The Bertz CT molecular complexity index is 1080. The van der Waals surface area contributed by atoms with Gasteiger partial charge in [-0.3, -0.25) is 14.6 Å². The van der Waals surface area contributed by atoms with Gasteiger partial charge in [-0.15, -0.1) is 11.3 Å². The summed E-state index contributed by atoms with van der Waals surface area (Å²) in [4.78, 5) is 31.7. The molecule has 1 aliphatic heterocycles. The SMILES string of the molecule is COc1cc2c(cc1OC)[C@H](c1cccs1)N(C(=O)c1ccc(C(N)=O)cn1)CC2. The van der Waals surface area contributed by atoms with Crippen LogP contribution in [0, 0.1) is 0 Å². The second kappa shape index (κ2) is 8.16. The summed E-state index contributed by atoms with van der Waals surface area (Å²) in [5.41, 5.74) is 7.93. The van der Waals surface area contributed by atoms with Crippen molar-refractivity contribution in [3.8, 4) is 11.5 Å². The van der Waals surface area contributed by atoms with Crippen molar-refractivity contribution < 1.29 is 19.1 Å². The summed E-state index contributed by atoms with van der Waals surface area (Å²) >= 11 is 1.59. The summed E-state index contributed by atoms with van der Waals surface area (Å²) in [7, 11) is 3.21. The molecule has 4 rings (SSSR count). The van der Waals surface area contributed by atoms with Gasteiger partial charge in [0.1, 0.15) is 5.69 Å². The van der Waals surface area contributed by atoms with Gasteiger partial charge in [0.15, 0.2) is 11.5 Å². The smallest absolute Gasteiger partial charge is 0.273 e. The highest BCUT2D eigenvalue weighted by Crippen LogP contribution is 2.42. The number of benzene rings is 1. The molecule has 0 saturated heterocycles. The van der Waals surface area contributed by atoms with Crippen LogP contribution in [0.4, 0.5) is 0 Å². The van der Waals surface area contributed by atoms with Gasteiger partial charge < -0.3 is 20.1 Å². The number of pyridine rings is 1. The second-order valence-corrected chi connectivity index (χ2v) is 7.85. The molecule has 0 unspecified atom stereocenters. The maximum atomic E-state index is 13.4. The number of primary amides is 1. The maximum absolute atomic E-state index is 13.4. The van der Waals surface area contributed by atoms with Gasteiger partial charge in [0.2, 0.25) is 5.91 Å². The molecule has 1 aliphatic rings. The average molecular weight is 423 g/mol. The van der Waals surface area contributed by atoms with E-state index in [1.807, 2.05) is 34.5 Å². The lowest BCUT2D eigenvalue weighted by atomic mass is 9.90. The summed E-state index contributed by atoms with van der Waals surface area (Å²) in [5.74, 6) is 0.511. The van der Waals surface area contributed by atoms with E-state index in [9.17, 15) is 9.59 Å². The molecular weight excluding hydrogens is 402 g/mol. The fourth-order valence-electron chi connectivity index (χ4n) is 3.73. The van der Waals surface area contributed by atoms with Crippen LogP contribution >= 0.6 is 11.3 Å². The van der Waals surface area contributed by atoms with Crippen molar-refractivity contribution in [2.24, 2.45) is 5.73 Å². The predicted octanol–water partition coefficient (Wildman–Crippen LogP) is 3.05. The molecule has 154 valence electrons. The summed E-state index contributed by atoms with van der Waals surface area (Å²) in [6.45, 7) is 0.531. The zero-order valence-electron chi connectivity index (χ0n) is 16.6. The molecule has 7 nitrogen and oxygen atoms in total. The Morgan fingerprint density at radius 3 is 2.53 bits per heavy atom. The highest BCUT2D eigenvalue weighted by atomic mass is 32.1. The number of amides is 2. The topological polar surface area (TPSA) is 94.8 Å². The molecule has 2 aromatic heterocycles. The third-order valence-electron chi connectivity index (χ3n) is 5.21. The van der Waals surface area contributed by atoms with Crippen molar-refractivity contribution in [1.82, 2.24) is 9.88 Å². The van der Waals surface area contributed by atoms with Crippen LogP contribution in [-0.4, -0.2) is 42.5 Å². The molecule has 2 N–H and O–H groups in total. The lowest BCUT2D eigenvalue weighted by molar-refractivity contribution is 0.0690. The van der Waals surface area contributed by atoms with Gasteiger partial charge in [0.25, 0.3) is 5.91 Å². The van der Waals surface area contributed by atoms with Gasteiger partial charge in [-0.25, -0.2) is 0 Å². The van der Waals surface area contributed by atoms with E-state index in [1.54, 1.807) is 25.6 Å². The van der Waals surface area contributed by atoms with Crippen LogP contribution in [0.2, 0.25) is 0 Å². The minimum atomic E-state index is -0.578. The number of nitrogens with two attached hydrogens (primary N) is 1. The van der Waals surface area contributed by atoms with E-state index in [-0.39, 0.29) is 23.2 Å². The standard InChI is InChI=1S/C22H21N3O4S/c1-28-17-10-13-7-8-25(22(27)16-6-5-14(12-24-16)21(23)26)20(19-4-3-9-30-19)15(13)11-18(17)29-2/h3-6,9-12,20H,7-8H2,1-2H3,(H2,23,26)/t20-/m1/s1. The molecule has 0 radical (unpaired) electrons. The second-order valence-electron chi connectivity index (χ2n) is 6.87. The first-order valence-corrected chi connectivity index (χ1v) is 10.3. The Kier molecular flexibility index (Phi) is 5.41. The zero-order valence-corrected chi connectivity index (χ0v) is 17.4. The molecule has 0 aliphatic carbocycles. The normalized spacial score (nSPS) is 15.4. The molecule has 1 atom stereocenters. The third-order valence-corrected chi connectivity index (χ3v) is 6.14. The molecule has 0 bridgehead atoms. The zero-order chi connectivity index (χ0) is 21.3. The van der Waals surface area contributed by atoms with Crippen LogP contribution in [0.15, 0.2) is 48.0 Å². The molecule has 0 saturated carbocycles. The Morgan fingerprint density at radius 1 is 1.17 bits per heavy atom. The molecule has 8 heteroatoms. The minimum Gasteiger partial charge on any atom is -0.493 e. The van der Waals surface area contributed by atoms with Crippen LogP contribution in [0.1, 0.15) is 42.9 Å². The number of fused-ring (bicyclic) bond motifs is 1. The Morgan fingerprint density at radius 2 is 1.93 bits per heavy atom. The van der Waals surface area contributed by atoms with Gasteiger partial charge in [-0.05, 0) is 53.3 Å². The molecule has 30 heavy (non-hydrogen) atoms. The number of hydrogen-bond donors (Lipinski definition) is 1. The summed E-state index contributed by atoms with van der Waals surface area (Å²) in [6, 6.07) is 10.7. The largest absolute Gasteiger partial charge is 0.493 e. The molecule has 0 spiro atoms. The molecule has 3 aromatic rings.